The number of hydrogen-bond acceptors (Lipinski definition) is 6. The number of benzene rings is 4. The molecule has 1 heterocycles. The fraction of sp³-hybridized carbons (Fsp3) is 0.152. The molecule has 0 saturated carbocycles. The van der Waals surface area contributed by atoms with Crippen molar-refractivity contribution in [3.63, 3.8) is 0 Å². The summed E-state index contributed by atoms with van der Waals surface area (Å²) in [4.78, 5) is 27.0. The van der Waals surface area contributed by atoms with E-state index in [0.29, 0.717) is 61.2 Å². The summed E-state index contributed by atoms with van der Waals surface area (Å²) in [6.45, 7) is 3.46. The van der Waals surface area contributed by atoms with Gasteiger partial charge in [0.05, 0.1) is 31.1 Å². The first kappa shape index (κ1) is 30.7. The molecule has 2 N–H and O–H groups in total. The standard InChI is InChI=1S/C33H30ClN3O6S/c1-20-5-10-25(17-31(20)44(40,41)36-24-11-13-26(42-3)14-12-24)35-32(38)19-28-21(2)37(30-16-15-27(43-4)18-29(28)30)33(39)22-6-8-23(34)9-7-22/h5-18,36H,19H2,1-4H3,(H,35,38). The molecule has 0 saturated heterocycles. The Morgan fingerprint density at radius 3 is 2.11 bits per heavy atom. The van der Waals surface area contributed by atoms with E-state index < -0.39 is 10.0 Å². The van der Waals surface area contributed by atoms with Crippen LogP contribution in [0.15, 0.2) is 89.8 Å². The van der Waals surface area contributed by atoms with Crippen molar-refractivity contribution in [2.75, 3.05) is 24.3 Å². The van der Waals surface area contributed by atoms with E-state index in [1.54, 1.807) is 104 Å². The van der Waals surface area contributed by atoms with Crippen LogP contribution in [0.1, 0.15) is 27.2 Å². The molecule has 1 amide bonds. The van der Waals surface area contributed by atoms with Gasteiger partial charge in [-0.2, -0.15) is 0 Å². The Morgan fingerprint density at radius 2 is 1.45 bits per heavy atom. The predicted octanol–water partition coefficient (Wildman–Crippen LogP) is 6.60. The van der Waals surface area contributed by atoms with Gasteiger partial charge in [-0.05, 0) is 104 Å². The van der Waals surface area contributed by atoms with Crippen molar-refractivity contribution in [3.05, 3.63) is 112 Å². The molecule has 226 valence electrons. The van der Waals surface area contributed by atoms with Crippen molar-refractivity contribution in [1.29, 1.82) is 0 Å². The Bertz CT molecular complexity index is 1990. The monoisotopic (exact) mass is 631 g/mol. The highest BCUT2D eigenvalue weighted by atomic mass is 35.5. The van der Waals surface area contributed by atoms with Crippen molar-refractivity contribution in [2.45, 2.75) is 25.2 Å². The molecule has 0 aliphatic heterocycles. The lowest BCUT2D eigenvalue weighted by molar-refractivity contribution is -0.115. The summed E-state index contributed by atoms with van der Waals surface area (Å²) in [5, 5.41) is 4.02. The fourth-order valence-corrected chi connectivity index (χ4v) is 6.45. The summed E-state index contributed by atoms with van der Waals surface area (Å²) in [6.07, 6.45) is -0.0730. The van der Waals surface area contributed by atoms with E-state index in [0.717, 1.165) is 0 Å². The highest BCUT2D eigenvalue weighted by molar-refractivity contribution is 7.92. The Labute approximate surface area is 260 Å². The normalized spacial score (nSPS) is 11.3. The van der Waals surface area contributed by atoms with Crippen LogP contribution in [0, 0.1) is 13.8 Å². The van der Waals surface area contributed by atoms with E-state index in [1.165, 1.54) is 13.2 Å². The summed E-state index contributed by atoms with van der Waals surface area (Å²) in [5.41, 5.74) is 3.49. The molecule has 5 rings (SSSR count). The molecule has 0 aliphatic rings. The first-order valence-corrected chi connectivity index (χ1v) is 15.4. The van der Waals surface area contributed by atoms with Crippen LogP contribution in [-0.2, 0) is 21.2 Å². The Hall–Kier alpha value is -4.80. The van der Waals surface area contributed by atoms with E-state index in [1.807, 2.05) is 0 Å². The third kappa shape index (κ3) is 6.27. The van der Waals surface area contributed by atoms with Crippen LogP contribution in [0.4, 0.5) is 11.4 Å². The molecule has 0 spiro atoms. The number of methoxy groups -OCH3 is 2. The number of amides is 1. The summed E-state index contributed by atoms with van der Waals surface area (Å²) in [6, 6.07) is 23.1. The minimum Gasteiger partial charge on any atom is -0.497 e. The van der Waals surface area contributed by atoms with Crippen LogP contribution in [0.2, 0.25) is 5.02 Å². The second-order valence-corrected chi connectivity index (χ2v) is 12.2. The number of sulfonamides is 1. The topological polar surface area (TPSA) is 116 Å². The summed E-state index contributed by atoms with van der Waals surface area (Å²) in [5.74, 6) is 0.524. The van der Waals surface area contributed by atoms with Crippen LogP contribution >= 0.6 is 11.6 Å². The highest BCUT2D eigenvalue weighted by Crippen LogP contribution is 2.31. The fourth-order valence-electron chi connectivity index (χ4n) is 5.00. The molecular formula is C33H30ClN3O6S. The maximum atomic E-state index is 13.6. The number of halogens is 1. The van der Waals surface area contributed by atoms with Gasteiger partial charge in [0, 0.05) is 33.0 Å². The van der Waals surface area contributed by atoms with Gasteiger partial charge < -0.3 is 14.8 Å². The SMILES string of the molecule is COc1ccc(NS(=O)(=O)c2cc(NC(=O)Cc3c(C)n(C(=O)c4ccc(Cl)cc4)c4ccc(OC)cc34)ccc2C)cc1. The number of anilines is 2. The van der Waals surface area contributed by atoms with Crippen LogP contribution in [0.3, 0.4) is 0 Å². The predicted molar refractivity (Wildman–Crippen MR) is 172 cm³/mol. The van der Waals surface area contributed by atoms with Gasteiger partial charge in [0.1, 0.15) is 11.5 Å². The van der Waals surface area contributed by atoms with Crippen molar-refractivity contribution in [3.8, 4) is 11.5 Å². The Morgan fingerprint density at radius 1 is 0.818 bits per heavy atom. The van der Waals surface area contributed by atoms with Crippen LogP contribution in [0.5, 0.6) is 11.5 Å². The molecule has 11 heteroatoms. The number of carbonyl (C=O) groups is 2. The number of nitrogens with one attached hydrogen (secondary N) is 2. The number of fused-ring (bicyclic) bond motifs is 1. The lowest BCUT2D eigenvalue weighted by Crippen LogP contribution is -2.18. The minimum absolute atomic E-state index is 0.0252. The number of aryl methyl sites for hydroxylation is 1. The van der Waals surface area contributed by atoms with Gasteiger partial charge in [0.25, 0.3) is 15.9 Å². The van der Waals surface area contributed by atoms with E-state index in [-0.39, 0.29) is 23.1 Å². The van der Waals surface area contributed by atoms with E-state index in [9.17, 15) is 18.0 Å². The quantitative estimate of drug-likeness (QED) is 0.189. The summed E-state index contributed by atoms with van der Waals surface area (Å²) in [7, 11) is -0.893. The smallest absolute Gasteiger partial charge is 0.262 e. The molecule has 0 radical (unpaired) electrons. The van der Waals surface area contributed by atoms with Crippen molar-refractivity contribution < 1.29 is 27.5 Å². The largest absolute Gasteiger partial charge is 0.497 e. The van der Waals surface area contributed by atoms with Gasteiger partial charge in [-0.15, -0.1) is 0 Å². The molecular weight excluding hydrogens is 602 g/mol. The number of carbonyl (C=O) groups excluding carboxylic acids is 2. The molecule has 4 aromatic carbocycles. The van der Waals surface area contributed by atoms with Gasteiger partial charge in [-0.1, -0.05) is 17.7 Å². The number of hydrogen-bond donors (Lipinski definition) is 2. The van der Waals surface area contributed by atoms with Crippen molar-refractivity contribution >= 4 is 55.7 Å². The van der Waals surface area contributed by atoms with E-state index in [4.69, 9.17) is 21.1 Å². The lowest BCUT2D eigenvalue weighted by atomic mass is 10.1. The maximum absolute atomic E-state index is 13.6. The summed E-state index contributed by atoms with van der Waals surface area (Å²) < 4.78 is 41.2. The molecule has 0 atom stereocenters. The number of nitrogens with zero attached hydrogens (tertiary/aromatic N) is 1. The maximum Gasteiger partial charge on any atom is 0.262 e. The Kier molecular flexibility index (Phi) is 8.66. The van der Waals surface area contributed by atoms with Gasteiger partial charge in [0.15, 0.2) is 0 Å². The minimum atomic E-state index is -3.96. The molecule has 0 unspecified atom stereocenters. The van der Waals surface area contributed by atoms with Gasteiger partial charge in [-0.3, -0.25) is 18.9 Å². The number of rotatable bonds is 9. The molecule has 0 fully saturated rings. The van der Waals surface area contributed by atoms with Gasteiger partial charge in [-0.25, -0.2) is 8.42 Å². The lowest BCUT2D eigenvalue weighted by Gasteiger charge is -2.13. The third-order valence-electron chi connectivity index (χ3n) is 7.28. The summed E-state index contributed by atoms with van der Waals surface area (Å²) >= 11 is 6.02. The first-order chi connectivity index (χ1) is 21.0. The molecule has 9 nitrogen and oxygen atoms in total. The molecule has 44 heavy (non-hydrogen) atoms. The average Bonchev–Trinajstić information content (AvgIpc) is 3.28. The average molecular weight is 632 g/mol. The Balaban J connectivity index is 1.43. The van der Waals surface area contributed by atoms with Crippen molar-refractivity contribution in [2.24, 2.45) is 0 Å². The van der Waals surface area contributed by atoms with Crippen LogP contribution in [-0.4, -0.2) is 39.0 Å². The number of ether oxygens (including phenoxy) is 2. The van der Waals surface area contributed by atoms with Crippen LogP contribution in [0.25, 0.3) is 10.9 Å². The molecule has 1 aromatic heterocycles. The zero-order valence-corrected chi connectivity index (χ0v) is 26.0. The zero-order valence-electron chi connectivity index (χ0n) is 24.5. The second-order valence-electron chi connectivity index (χ2n) is 10.1. The van der Waals surface area contributed by atoms with E-state index >= 15 is 0 Å². The molecule has 0 aliphatic carbocycles. The third-order valence-corrected chi connectivity index (χ3v) is 9.05. The van der Waals surface area contributed by atoms with E-state index in [2.05, 4.69) is 10.0 Å². The van der Waals surface area contributed by atoms with Crippen LogP contribution < -0.4 is 19.5 Å². The van der Waals surface area contributed by atoms with Crippen molar-refractivity contribution in [1.82, 2.24) is 4.57 Å². The van der Waals surface area contributed by atoms with Gasteiger partial charge in [0.2, 0.25) is 5.91 Å². The molecule has 0 bridgehead atoms. The molecule has 5 aromatic rings. The van der Waals surface area contributed by atoms with Gasteiger partial charge >= 0.3 is 0 Å². The number of aromatic nitrogens is 1. The first-order valence-electron chi connectivity index (χ1n) is 13.6. The highest BCUT2D eigenvalue weighted by Gasteiger charge is 2.23. The second kappa shape index (κ2) is 12.4. The zero-order chi connectivity index (χ0) is 31.6.